The van der Waals surface area contributed by atoms with E-state index in [-0.39, 0.29) is 0 Å². The SMILES string of the molecule is [O-][S+]1CNc2c(-c3cccc4c3CSC4)cccc21. The number of anilines is 1. The van der Waals surface area contributed by atoms with Gasteiger partial charge in [0, 0.05) is 28.2 Å². The van der Waals surface area contributed by atoms with Crippen LogP contribution in [-0.4, -0.2) is 10.4 Å². The second kappa shape index (κ2) is 4.47. The molecule has 0 aliphatic carbocycles. The zero-order valence-electron chi connectivity index (χ0n) is 10.3. The maximum absolute atomic E-state index is 11.9. The lowest BCUT2D eigenvalue weighted by molar-refractivity contribution is 0.600. The number of hydrogen-bond acceptors (Lipinski definition) is 3. The van der Waals surface area contributed by atoms with Gasteiger partial charge < -0.3 is 9.87 Å². The van der Waals surface area contributed by atoms with Gasteiger partial charge in [0.1, 0.15) is 5.69 Å². The minimum absolute atomic E-state index is 0.538. The van der Waals surface area contributed by atoms with Crippen molar-refractivity contribution in [1.29, 1.82) is 0 Å². The minimum atomic E-state index is -0.896. The number of para-hydroxylation sites is 1. The Morgan fingerprint density at radius 2 is 1.89 bits per heavy atom. The summed E-state index contributed by atoms with van der Waals surface area (Å²) < 4.78 is 11.9. The Balaban J connectivity index is 1.93. The van der Waals surface area contributed by atoms with Gasteiger partial charge >= 0.3 is 0 Å². The van der Waals surface area contributed by atoms with Crippen LogP contribution in [0.1, 0.15) is 11.1 Å². The topological polar surface area (TPSA) is 35.1 Å². The summed E-state index contributed by atoms with van der Waals surface area (Å²) in [7, 11) is 0. The van der Waals surface area contributed by atoms with E-state index in [4.69, 9.17) is 0 Å². The molecule has 2 aliphatic rings. The molecule has 0 fully saturated rings. The molecule has 96 valence electrons. The molecule has 2 aliphatic heterocycles. The molecule has 4 rings (SSSR count). The van der Waals surface area contributed by atoms with Crippen LogP contribution in [0.15, 0.2) is 41.3 Å². The zero-order valence-corrected chi connectivity index (χ0v) is 11.9. The summed E-state index contributed by atoms with van der Waals surface area (Å²) in [6.07, 6.45) is 0. The lowest BCUT2D eigenvalue weighted by Gasteiger charge is -2.11. The Hall–Kier alpha value is -1.10. The maximum atomic E-state index is 11.9. The van der Waals surface area contributed by atoms with E-state index in [0.29, 0.717) is 5.88 Å². The third-order valence-electron chi connectivity index (χ3n) is 3.72. The van der Waals surface area contributed by atoms with Gasteiger partial charge in [-0.2, -0.15) is 11.8 Å². The van der Waals surface area contributed by atoms with Crippen LogP contribution < -0.4 is 5.32 Å². The predicted molar refractivity (Wildman–Crippen MR) is 81.8 cm³/mol. The van der Waals surface area contributed by atoms with E-state index in [1.807, 2.05) is 23.9 Å². The molecule has 1 N–H and O–H groups in total. The van der Waals surface area contributed by atoms with Crippen molar-refractivity contribution in [3.63, 3.8) is 0 Å². The van der Waals surface area contributed by atoms with Gasteiger partial charge in [-0.3, -0.25) is 0 Å². The molecular weight excluding hydrogens is 274 g/mol. The average Bonchev–Trinajstić information content (AvgIpc) is 3.05. The van der Waals surface area contributed by atoms with Crippen molar-refractivity contribution in [3.05, 3.63) is 47.5 Å². The van der Waals surface area contributed by atoms with Crippen molar-refractivity contribution in [3.8, 4) is 11.1 Å². The highest BCUT2D eigenvalue weighted by molar-refractivity contribution is 7.98. The van der Waals surface area contributed by atoms with E-state index in [0.717, 1.165) is 22.1 Å². The Bertz CT molecular complexity index is 657. The van der Waals surface area contributed by atoms with E-state index in [1.165, 1.54) is 22.3 Å². The van der Waals surface area contributed by atoms with Gasteiger partial charge in [0.15, 0.2) is 10.8 Å². The Labute approximate surface area is 119 Å². The smallest absolute Gasteiger partial charge is 0.181 e. The molecule has 0 bridgehead atoms. The van der Waals surface area contributed by atoms with Crippen LogP contribution in [0.3, 0.4) is 0 Å². The van der Waals surface area contributed by atoms with Gasteiger partial charge in [0.2, 0.25) is 0 Å². The molecule has 19 heavy (non-hydrogen) atoms. The van der Waals surface area contributed by atoms with Gasteiger partial charge in [-0.1, -0.05) is 30.3 Å². The Kier molecular flexibility index (Phi) is 2.76. The summed E-state index contributed by atoms with van der Waals surface area (Å²) in [4.78, 5) is 0.945. The largest absolute Gasteiger partial charge is 0.610 e. The van der Waals surface area contributed by atoms with Crippen LogP contribution in [0.4, 0.5) is 5.69 Å². The molecule has 0 saturated heterocycles. The average molecular weight is 287 g/mol. The number of hydrogen-bond donors (Lipinski definition) is 1. The molecule has 2 aromatic rings. The van der Waals surface area contributed by atoms with Crippen LogP contribution in [0, 0.1) is 0 Å². The summed E-state index contributed by atoms with van der Waals surface area (Å²) >= 11 is 1.07. The fourth-order valence-electron chi connectivity index (χ4n) is 2.80. The first-order valence-corrected chi connectivity index (χ1v) is 8.76. The quantitative estimate of drug-likeness (QED) is 0.814. The first-order chi connectivity index (χ1) is 9.34. The summed E-state index contributed by atoms with van der Waals surface area (Å²) in [5.74, 6) is 2.73. The number of rotatable bonds is 1. The number of fused-ring (bicyclic) bond motifs is 2. The molecule has 2 nitrogen and oxygen atoms in total. The second-order valence-corrected chi connectivity index (χ2v) is 7.19. The highest BCUT2D eigenvalue weighted by Gasteiger charge is 2.28. The molecule has 2 heterocycles. The first-order valence-electron chi connectivity index (χ1n) is 6.29. The van der Waals surface area contributed by atoms with Crippen LogP contribution >= 0.6 is 11.8 Å². The first kappa shape index (κ1) is 11.7. The third kappa shape index (κ3) is 1.78. The molecular formula is C15H13NOS2. The normalized spacial score (nSPS) is 19.9. The number of nitrogens with one attached hydrogen (secondary N) is 1. The maximum Gasteiger partial charge on any atom is 0.181 e. The highest BCUT2D eigenvalue weighted by atomic mass is 32.2. The zero-order chi connectivity index (χ0) is 12.8. The van der Waals surface area contributed by atoms with Gasteiger partial charge in [-0.05, 0) is 22.8 Å². The summed E-state index contributed by atoms with van der Waals surface area (Å²) in [5.41, 5.74) is 6.44. The highest BCUT2D eigenvalue weighted by Crippen LogP contribution is 2.42. The van der Waals surface area contributed by atoms with Crippen LogP contribution in [0.2, 0.25) is 0 Å². The number of thioether (sulfide) groups is 1. The summed E-state index contributed by atoms with van der Waals surface area (Å²) in [5, 5.41) is 3.30. The molecule has 0 aromatic heterocycles. The van der Waals surface area contributed by atoms with E-state index in [9.17, 15) is 4.55 Å². The van der Waals surface area contributed by atoms with Gasteiger partial charge in [-0.25, -0.2) is 0 Å². The lowest BCUT2D eigenvalue weighted by atomic mass is 9.96. The van der Waals surface area contributed by atoms with Crippen LogP contribution in [-0.2, 0) is 22.7 Å². The van der Waals surface area contributed by atoms with Crippen molar-refractivity contribution in [2.24, 2.45) is 0 Å². The lowest BCUT2D eigenvalue weighted by Crippen LogP contribution is -2.02. The van der Waals surface area contributed by atoms with Gasteiger partial charge in [0.25, 0.3) is 0 Å². The Morgan fingerprint density at radius 3 is 2.84 bits per heavy atom. The standard InChI is InChI=1S/C15H13NOS2/c17-19-9-16-15-12(5-2-6-14(15)19)11-4-1-3-10-7-18-8-13(10)11/h1-6,16H,7-9H2. The van der Waals surface area contributed by atoms with Crippen LogP contribution in [0.5, 0.6) is 0 Å². The summed E-state index contributed by atoms with van der Waals surface area (Å²) in [6.45, 7) is 0. The number of benzene rings is 2. The van der Waals surface area contributed by atoms with Crippen molar-refractivity contribution in [1.82, 2.24) is 0 Å². The second-order valence-electron chi connectivity index (χ2n) is 4.78. The molecule has 2 aromatic carbocycles. The van der Waals surface area contributed by atoms with Gasteiger partial charge in [-0.15, -0.1) is 0 Å². The van der Waals surface area contributed by atoms with E-state index >= 15 is 0 Å². The molecule has 4 heteroatoms. The predicted octanol–water partition coefficient (Wildman–Crippen LogP) is 3.59. The van der Waals surface area contributed by atoms with Crippen molar-refractivity contribution < 1.29 is 4.55 Å². The fourth-order valence-corrected chi connectivity index (χ4v) is 5.01. The fraction of sp³-hybridized carbons (Fsp3) is 0.200. The van der Waals surface area contributed by atoms with Crippen molar-refractivity contribution in [2.45, 2.75) is 16.4 Å². The van der Waals surface area contributed by atoms with Crippen LogP contribution in [0.25, 0.3) is 11.1 Å². The monoisotopic (exact) mass is 287 g/mol. The molecule has 0 radical (unpaired) electrons. The molecule has 1 unspecified atom stereocenters. The molecule has 1 atom stereocenters. The molecule has 0 amide bonds. The molecule has 0 saturated carbocycles. The van der Waals surface area contributed by atoms with Gasteiger partial charge in [0.05, 0.1) is 0 Å². The summed E-state index contributed by atoms with van der Waals surface area (Å²) in [6, 6.07) is 12.6. The molecule has 0 spiro atoms. The Morgan fingerprint density at radius 1 is 1.05 bits per heavy atom. The van der Waals surface area contributed by atoms with Crippen molar-refractivity contribution >= 4 is 28.6 Å². The minimum Gasteiger partial charge on any atom is -0.610 e. The van der Waals surface area contributed by atoms with E-state index in [2.05, 4.69) is 29.6 Å². The van der Waals surface area contributed by atoms with E-state index in [1.54, 1.807) is 0 Å². The third-order valence-corrected chi connectivity index (χ3v) is 5.96. The van der Waals surface area contributed by atoms with Crippen molar-refractivity contribution in [2.75, 3.05) is 11.2 Å². The van der Waals surface area contributed by atoms with E-state index < -0.39 is 11.2 Å².